The predicted octanol–water partition coefficient (Wildman–Crippen LogP) is 1.09. The summed E-state index contributed by atoms with van der Waals surface area (Å²) in [7, 11) is 2.09. The lowest BCUT2D eigenvalue weighted by molar-refractivity contribution is -0.186. The van der Waals surface area contributed by atoms with Gasteiger partial charge in [-0.1, -0.05) is 0 Å². The largest absolute Gasteiger partial charge is 0.351 e. The van der Waals surface area contributed by atoms with Crippen molar-refractivity contribution in [3.05, 3.63) is 0 Å². The van der Waals surface area contributed by atoms with Crippen LogP contribution in [-0.2, 0) is 9.47 Å². The Labute approximate surface area is 74.6 Å². The number of likely N-dealkylation sites (N-methyl/N-ethyl adjacent to an activating group) is 1. The third-order valence-electron chi connectivity index (χ3n) is 2.21. The molecule has 0 aromatic carbocycles. The average Bonchev–Trinajstić information content (AvgIpc) is 2.06. The highest BCUT2D eigenvalue weighted by Crippen LogP contribution is 2.07. The molecule has 1 saturated heterocycles. The Hall–Kier alpha value is -0.120. The molecule has 0 saturated carbocycles. The molecular weight excluding hydrogens is 154 g/mol. The first-order valence-electron chi connectivity index (χ1n) is 4.63. The van der Waals surface area contributed by atoms with E-state index in [-0.39, 0.29) is 6.29 Å². The Bertz CT molecular complexity index is 122. The van der Waals surface area contributed by atoms with E-state index in [9.17, 15) is 0 Å². The zero-order valence-electron chi connectivity index (χ0n) is 8.25. The number of ether oxygens (including phenoxy) is 2. The Kier molecular flexibility index (Phi) is 3.98. The molecule has 0 unspecified atom stereocenters. The minimum absolute atomic E-state index is 0.00819. The monoisotopic (exact) mass is 173 g/mol. The highest BCUT2D eigenvalue weighted by Gasteiger charge is 2.17. The molecule has 1 aliphatic rings. The van der Waals surface area contributed by atoms with Crippen LogP contribution in [0.15, 0.2) is 0 Å². The zero-order chi connectivity index (χ0) is 8.97. The first kappa shape index (κ1) is 9.96. The van der Waals surface area contributed by atoms with Gasteiger partial charge in [0.05, 0.1) is 13.2 Å². The highest BCUT2D eigenvalue weighted by atomic mass is 16.7. The van der Waals surface area contributed by atoms with Gasteiger partial charge in [-0.2, -0.15) is 0 Å². The fourth-order valence-electron chi connectivity index (χ4n) is 1.09. The second kappa shape index (κ2) is 4.80. The van der Waals surface area contributed by atoms with Gasteiger partial charge in [0.15, 0.2) is 6.29 Å². The summed E-state index contributed by atoms with van der Waals surface area (Å²) in [5, 5.41) is 0. The minimum atomic E-state index is -0.00819. The van der Waals surface area contributed by atoms with Crippen molar-refractivity contribution in [2.75, 3.05) is 26.8 Å². The summed E-state index contributed by atoms with van der Waals surface area (Å²) in [5.74, 6) is 0. The van der Waals surface area contributed by atoms with Crippen LogP contribution in [0.4, 0.5) is 0 Å². The first-order valence-corrected chi connectivity index (χ1v) is 4.63. The van der Waals surface area contributed by atoms with Gasteiger partial charge < -0.3 is 9.47 Å². The second-order valence-electron chi connectivity index (χ2n) is 3.56. The summed E-state index contributed by atoms with van der Waals surface area (Å²) in [6.45, 7) is 6.90. The van der Waals surface area contributed by atoms with Crippen LogP contribution in [0.3, 0.4) is 0 Å². The summed E-state index contributed by atoms with van der Waals surface area (Å²) in [4.78, 5) is 2.23. The van der Waals surface area contributed by atoms with Gasteiger partial charge in [-0.3, -0.25) is 4.90 Å². The molecule has 0 atom stereocenters. The quantitative estimate of drug-likeness (QED) is 0.637. The van der Waals surface area contributed by atoms with E-state index in [1.165, 1.54) is 0 Å². The molecule has 3 heteroatoms. The molecule has 0 aromatic rings. The van der Waals surface area contributed by atoms with E-state index >= 15 is 0 Å². The summed E-state index contributed by atoms with van der Waals surface area (Å²) in [5.41, 5.74) is 0. The van der Waals surface area contributed by atoms with Gasteiger partial charge in [-0.05, 0) is 27.3 Å². The molecule has 3 nitrogen and oxygen atoms in total. The number of hydrogen-bond acceptors (Lipinski definition) is 3. The molecule has 0 radical (unpaired) electrons. The van der Waals surface area contributed by atoms with Crippen molar-refractivity contribution in [1.82, 2.24) is 4.90 Å². The summed E-state index contributed by atoms with van der Waals surface area (Å²) < 4.78 is 10.9. The molecule has 0 amide bonds. The van der Waals surface area contributed by atoms with Crippen LogP contribution >= 0.6 is 0 Å². The van der Waals surface area contributed by atoms with E-state index in [4.69, 9.17) is 9.47 Å². The van der Waals surface area contributed by atoms with Crippen LogP contribution < -0.4 is 0 Å². The molecule has 1 rings (SSSR count). The molecule has 1 fully saturated rings. The lowest BCUT2D eigenvalue weighted by atomic mass is 10.3. The summed E-state index contributed by atoms with van der Waals surface area (Å²) in [6, 6.07) is 0.555. The smallest absolute Gasteiger partial charge is 0.170 e. The van der Waals surface area contributed by atoms with E-state index in [2.05, 4.69) is 25.8 Å². The van der Waals surface area contributed by atoms with Crippen LogP contribution in [0.1, 0.15) is 20.3 Å². The van der Waals surface area contributed by atoms with E-state index in [0.717, 1.165) is 26.2 Å². The molecular formula is C9H19NO2. The zero-order valence-corrected chi connectivity index (χ0v) is 8.25. The maximum absolute atomic E-state index is 5.43. The van der Waals surface area contributed by atoms with Crippen molar-refractivity contribution < 1.29 is 9.47 Å². The fraction of sp³-hybridized carbons (Fsp3) is 1.00. The minimum Gasteiger partial charge on any atom is -0.351 e. The van der Waals surface area contributed by atoms with Crippen LogP contribution in [0.25, 0.3) is 0 Å². The number of hydrogen-bond donors (Lipinski definition) is 0. The Morgan fingerprint density at radius 3 is 2.42 bits per heavy atom. The molecule has 0 bridgehead atoms. The van der Waals surface area contributed by atoms with Gasteiger partial charge in [0.25, 0.3) is 0 Å². The molecule has 0 aromatic heterocycles. The molecule has 72 valence electrons. The SMILES string of the molecule is CC(C)N(C)CC1OCCCO1. The second-order valence-corrected chi connectivity index (χ2v) is 3.56. The number of rotatable bonds is 3. The summed E-state index contributed by atoms with van der Waals surface area (Å²) in [6.07, 6.45) is 1.02. The van der Waals surface area contributed by atoms with Gasteiger partial charge in [0.1, 0.15) is 0 Å². The van der Waals surface area contributed by atoms with Crippen LogP contribution in [-0.4, -0.2) is 44.0 Å². The first-order chi connectivity index (χ1) is 5.70. The number of nitrogens with zero attached hydrogens (tertiary/aromatic N) is 1. The fourth-order valence-corrected chi connectivity index (χ4v) is 1.09. The molecule has 0 aliphatic carbocycles. The lowest BCUT2D eigenvalue weighted by Crippen LogP contribution is -2.39. The Balaban J connectivity index is 2.20. The predicted molar refractivity (Wildman–Crippen MR) is 48.1 cm³/mol. The van der Waals surface area contributed by atoms with Crippen LogP contribution in [0.2, 0.25) is 0 Å². The van der Waals surface area contributed by atoms with Crippen LogP contribution in [0.5, 0.6) is 0 Å². The van der Waals surface area contributed by atoms with Gasteiger partial charge in [0.2, 0.25) is 0 Å². The standard InChI is InChI=1S/C9H19NO2/c1-8(2)10(3)7-9-11-5-4-6-12-9/h8-9H,4-7H2,1-3H3. The van der Waals surface area contributed by atoms with Gasteiger partial charge in [-0.25, -0.2) is 0 Å². The maximum atomic E-state index is 5.43. The molecule has 1 aliphatic heterocycles. The molecule has 0 spiro atoms. The van der Waals surface area contributed by atoms with Crippen molar-refractivity contribution in [3.8, 4) is 0 Å². The Morgan fingerprint density at radius 2 is 1.92 bits per heavy atom. The van der Waals surface area contributed by atoms with Crippen molar-refractivity contribution in [3.63, 3.8) is 0 Å². The van der Waals surface area contributed by atoms with Gasteiger partial charge >= 0.3 is 0 Å². The topological polar surface area (TPSA) is 21.7 Å². The van der Waals surface area contributed by atoms with E-state index < -0.39 is 0 Å². The normalized spacial score (nSPS) is 20.8. The van der Waals surface area contributed by atoms with E-state index in [1.807, 2.05) is 0 Å². The summed E-state index contributed by atoms with van der Waals surface area (Å²) >= 11 is 0. The molecule has 0 N–H and O–H groups in total. The van der Waals surface area contributed by atoms with Crippen molar-refractivity contribution in [2.45, 2.75) is 32.6 Å². The third-order valence-corrected chi connectivity index (χ3v) is 2.21. The van der Waals surface area contributed by atoms with Crippen LogP contribution in [0, 0.1) is 0 Å². The highest BCUT2D eigenvalue weighted by molar-refractivity contribution is 4.61. The van der Waals surface area contributed by atoms with Crippen molar-refractivity contribution in [1.29, 1.82) is 0 Å². The van der Waals surface area contributed by atoms with E-state index in [1.54, 1.807) is 0 Å². The molecule has 1 heterocycles. The third kappa shape index (κ3) is 3.09. The Morgan fingerprint density at radius 1 is 1.33 bits per heavy atom. The molecule has 12 heavy (non-hydrogen) atoms. The van der Waals surface area contributed by atoms with Gasteiger partial charge in [-0.15, -0.1) is 0 Å². The lowest BCUT2D eigenvalue weighted by Gasteiger charge is -2.29. The van der Waals surface area contributed by atoms with Gasteiger partial charge in [0, 0.05) is 12.6 Å². The maximum Gasteiger partial charge on any atom is 0.170 e. The van der Waals surface area contributed by atoms with E-state index in [0.29, 0.717) is 6.04 Å². The van der Waals surface area contributed by atoms with Crippen molar-refractivity contribution >= 4 is 0 Å². The van der Waals surface area contributed by atoms with Crippen molar-refractivity contribution in [2.24, 2.45) is 0 Å². The average molecular weight is 173 g/mol.